The number of hydrogen-bond acceptors (Lipinski definition) is 3. The van der Waals surface area contributed by atoms with Gasteiger partial charge in [0.15, 0.2) is 0 Å². The number of ether oxygens (including phenoxy) is 1. The molecular weight excluding hydrogens is 180 g/mol. The molecule has 0 unspecified atom stereocenters. The van der Waals surface area contributed by atoms with E-state index in [0.717, 1.165) is 0 Å². The Hall–Kier alpha value is -1.76. The molecule has 4 nitrogen and oxygen atoms in total. The molecule has 0 spiro atoms. The van der Waals surface area contributed by atoms with Crippen molar-refractivity contribution in [2.24, 2.45) is 0 Å². The molecule has 0 atom stereocenters. The molecule has 0 saturated heterocycles. The SMILES string of the molecule is C#Cc1cnn(CCC(=O)OCC)c1. The van der Waals surface area contributed by atoms with E-state index in [9.17, 15) is 4.79 Å². The molecule has 1 heterocycles. The van der Waals surface area contributed by atoms with Gasteiger partial charge in [-0.05, 0) is 6.92 Å². The van der Waals surface area contributed by atoms with Gasteiger partial charge in [-0.1, -0.05) is 5.92 Å². The Bertz CT molecular complexity index is 349. The minimum atomic E-state index is -0.217. The number of aromatic nitrogens is 2. The predicted molar refractivity (Wildman–Crippen MR) is 51.4 cm³/mol. The summed E-state index contributed by atoms with van der Waals surface area (Å²) in [5, 5.41) is 3.99. The summed E-state index contributed by atoms with van der Waals surface area (Å²) in [6.45, 7) is 2.69. The summed E-state index contributed by atoms with van der Waals surface area (Å²) in [6, 6.07) is 0. The average Bonchev–Trinajstić information content (AvgIpc) is 2.63. The van der Waals surface area contributed by atoms with Crippen LogP contribution in [-0.4, -0.2) is 22.4 Å². The van der Waals surface area contributed by atoms with E-state index >= 15 is 0 Å². The van der Waals surface area contributed by atoms with Crippen molar-refractivity contribution in [3.63, 3.8) is 0 Å². The van der Waals surface area contributed by atoms with Crippen molar-refractivity contribution in [2.45, 2.75) is 19.9 Å². The predicted octanol–water partition coefficient (Wildman–Crippen LogP) is 0.818. The van der Waals surface area contributed by atoms with Gasteiger partial charge in [0.1, 0.15) is 0 Å². The molecule has 74 valence electrons. The fraction of sp³-hybridized carbons (Fsp3) is 0.400. The van der Waals surface area contributed by atoms with Gasteiger partial charge in [-0.3, -0.25) is 9.48 Å². The molecule has 0 amide bonds. The van der Waals surface area contributed by atoms with E-state index in [4.69, 9.17) is 11.2 Å². The number of aryl methyl sites for hydroxylation is 1. The zero-order valence-electron chi connectivity index (χ0n) is 8.06. The van der Waals surface area contributed by atoms with Crippen LogP contribution < -0.4 is 0 Å². The van der Waals surface area contributed by atoms with Crippen LogP contribution in [0.15, 0.2) is 12.4 Å². The highest BCUT2D eigenvalue weighted by atomic mass is 16.5. The summed E-state index contributed by atoms with van der Waals surface area (Å²) >= 11 is 0. The van der Waals surface area contributed by atoms with Crippen LogP contribution in [0, 0.1) is 12.3 Å². The van der Waals surface area contributed by atoms with Crippen LogP contribution in [0.5, 0.6) is 0 Å². The normalized spacial score (nSPS) is 9.43. The Balaban J connectivity index is 2.38. The number of hydrogen-bond donors (Lipinski definition) is 0. The van der Waals surface area contributed by atoms with Crippen molar-refractivity contribution in [3.05, 3.63) is 18.0 Å². The molecule has 0 N–H and O–H groups in total. The van der Waals surface area contributed by atoms with Gasteiger partial charge in [0, 0.05) is 6.20 Å². The second-order valence-electron chi connectivity index (χ2n) is 2.69. The number of terminal acetylenes is 1. The molecule has 0 aromatic carbocycles. The number of carbonyl (C=O) groups is 1. The lowest BCUT2D eigenvalue weighted by molar-refractivity contribution is -0.143. The van der Waals surface area contributed by atoms with Gasteiger partial charge in [-0.25, -0.2) is 0 Å². The molecule has 14 heavy (non-hydrogen) atoms. The third kappa shape index (κ3) is 2.94. The third-order valence-electron chi connectivity index (χ3n) is 1.65. The van der Waals surface area contributed by atoms with Crippen LogP contribution in [0.3, 0.4) is 0 Å². The van der Waals surface area contributed by atoms with Crippen molar-refractivity contribution in [1.29, 1.82) is 0 Å². The van der Waals surface area contributed by atoms with Gasteiger partial charge in [0.2, 0.25) is 0 Å². The summed E-state index contributed by atoms with van der Waals surface area (Å²) in [6.07, 6.45) is 8.80. The van der Waals surface area contributed by atoms with Crippen LogP contribution in [0.4, 0.5) is 0 Å². The molecule has 0 bridgehead atoms. The number of nitrogens with zero attached hydrogens (tertiary/aromatic N) is 2. The third-order valence-corrected chi connectivity index (χ3v) is 1.65. The Labute approximate surface area is 82.9 Å². The molecule has 0 fully saturated rings. The highest BCUT2D eigenvalue weighted by Crippen LogP contribution is 1.97. The fourth-order valence-electron chi connectivity index (χ4n) is 0.999. The van der Waals surface area contributed by atoms with E-state index in [0.29, 0.717) is 25.1 Å². The van der Waals surface area contributed by atoms with Crippen molar-refractivity contribution >= 4 is 5.97 Å². The first-order chi connectivity index (χ1) is 6.76. The molecule has 0 aliphatic rings. The molecule has 0 aliphatic carbocycles. The summed E-state index contributed by atoms with van der Waals surface area (Å²) in [7, 11) is 0. The quantitative estimate of drug-likeness (QED) is 0.524. The summed E-state index contributed by atoms with van der Waals surface area (Å²) in [5.74, 6) is 2.24. The van der Waals surface area contributed by atoms with E-state index in [1.165, 1.54) is 0 Å². The second kappa shape index (κ2) is 5.07. The highest BCUT2D eigenvalue weighted by molar-refractivity contribution is 5.69. The first kappa shape index (κ1) is 10.3. The second-order valence-corrected chi connectivity index (χ2v) is 2.69. The summed E-state index contributed by atoms with van der Waals surface area (Å²) in [5.41, 5.74) is 0.717. The van der Waals surface area contributed by atoms with E-state index in [1.807, 2.05) is 0 Å². The smallest absolute Gasteiger partial charge is 0.307 e. The molecule has 1 aromatic rings. The van der Waals surface area contributed by atoms with Gasteiger partial charge in [-0.15, -0.1) is 6.42 Å². The molecular formula is C10H12N2O2. The lowest BCUT2D eigenvalue weighted by Crippen LogP contribution is -2.09. The minimum absolute atomic E-state index is 0.217. The molecule has 0 radical (unpaired) electrons. The van der Waals surface area contributed by atoms with Crippen molar-refractivity contribution in [2.75, 3.05) is 6.61 Å². The van der Waals surface area contributed by atoms with Crippen LogP contribution in [0.1, 0.15) is 18.9 Å². The Morgan fingerprint density at radius 3 is 3.14 bits per heavy atom. The largest absolute Gasteiger partial charge is 0.466 e. The first-order valence-electron chi connectivity index (χ1n) is 4.41. The molecule has 1 aromatic heterocycles. The Morgan fingerprint density at radius 2 is 2.57 bits per heavy atom. The van der Waals surface area contributed by atoms with E-state index < -0.39 is 0 Å². The van der Waals surface area contributed by atoms with E-state index in [1.54, 1.807) is 24.0 Å². The molecule has 0 aliphatic heterocycles. The van der Waals surface area contributed by atoms with E-state index in [-0.39, 0.29) is 5.97 Å². The Kier molecular flexibility index (Phi) is 3.74. The summed E-state index contributed by atoms with van der Waals surface area (Å²) < 4.78 is 6.41. The highest BCUT2D eigenvalue weighted by Gasteiger charge is 2.02. The molecule has 4 heteroatoms. The Morgan fingerprint density at radius 1 is 1.79 bits per heavy atom. The van der Waals surface area contributed by atoms with Gasteiger partial charge >= 0.3 is 5.97 Å². The van der Waals surface area contributed by atoms with Crippen LogP contribution in [-0.2, 0) is 16.1 Å². The topological polar surface area (TPSA) is 44.1 Å². The first-order valence-corrected chi connectivity index (χ1v) is 4.41. The molecule has 0 saturated carbocycles. The number of carbonyl (C=O) groups excluding carboxylic acids is 1. The van der Waals surface area contributed by atoms with Crippen molar-refractivity contribution in [3.8, 4) is 12.3 Å². The maximum absolute atomic E-state index is 11.0. The maximum atomic E-state index is 11.0. The maximum Gasteiger partial charge on any atom is 0.307 e. The zero-order valence-corrected chi connectivity index (χ0v) is 8.06. The summed E-state index contributed by atoms with van der Waals surface area (Å²) in [4.78, 5) is 11.0. The standard InChI is InChI=1S/C10H12N2O2/c1-3-9-7-11-12(8-9)6-5-10(13)14-4-2/h1,7-8H,4-6H2,2H3. The van der Waals surface area contributed by atoms with Gasteiger partial charge in [0.25, 0.3) is 0 Å². The van der Waals surface area contributed by atoms with Crippen molar-refractivity contribution < 1.29 is 9.53 Å². The molecule has 1 rings (SSSR count). The average molecular weight is 192 g/mol. The van der Waals surface area contributed by atoms with Crippen molar-refractivity contribution in [1.82, 2.24) is 9.78 Å². The van der Waals surface area contributed by atoms with Crippen LogP contribution in [0.2, 0.25) is 0 Å². The lowest BCUT2D eigenvalue weighted by atomic mass is 10.4. The van der Waals surface area contributed by atoms with E-state index in [2.05, 4.69) is 11.0 Å². The van der Waals surface area contributed by atoms with Gasteiger partial charge in [0.05, 0.1) is 31.3 Å². The van der Waals surface area contributed by atoms with Crippen LogP contribution >= 0.6 is 0 Å². The minimum Gasteiger partial charge on any atom is -0.466 e. The van der Waals surface area contributed by atoms with Gasteiger partial charge < -0.3 is 4.74 Å². The van der Waals surface area contributed by atoms with Crippen LogP contribution in [0.25, 0.3) is 0 Å². The number of rotatable bonds is 4. The van der Waals surface area contributed by atoms with Gasteiger partial charge in [-0.2, -0.15) is 5.10 Å². The zero-order chi connectivity index (χ0) is 10.4. The lowest BCUT2D eigenvalue weighted by Gasteiger charge is -2.01. The monoisotopic (exact) mass is 192 g/mol. The fourth-order valence-corrected chi connectivity index (χ4v) is 0.999. The number of esters is 1.